The molecule has 0 radical (unpaired) electrons. The van der Waals surface area contributed by atoms with E-state index in [9.17, 15) is 10.2 Å². The molecule has 3 aromatic rings. The zero-order valence-electron chi connectivity index (χ0n) is 13.8. The molecule has 8 nitrogen and oxygen atoms in total. The van der Waals surface area contributed by atoms with Crippen LogP contribution >= 0.6 is 0 Å². The van der Waals surface area contributed by atoms with E-state index in [1.54, 1.807) is 24.9 Å². The van der Waals surface area contributed by atoms with Crippen molar-refractivity contribution in [2.75, 3.05) is 7.11 Å². The molecular formula is C17H18N4O4. The third-order valence-corrected chi connectivity index (χ3v) is 4.47. The molecule has 8 heteroatoms. The van der Waals surface area contributed by atoms with E-state index in [1.807, 2.05) is 24.3 Å². The molecule has 0 unspecified atom stereocenters. The van der Waals surface area contributed by atoms with E-state index < -0.39 is 24.5 Å². The minimum absolute atomic E-state index is 0.472. The lowest BCUT2D eigenvalue weighted by Gasteiger charge is -2.16. The van der Waals surface area contributed by atoms with Gasteiger partial charge in [0.1, 0.15) is 35.5 Å². The second-order valence-electron chi connectivity index (χ2n) is 5.99. The predicted octanol–water partition coefficient (Wildman–Crippen LogP) is 1.14. The highest BCUT2D eigenvalue weighted by atomic mass is 16.6. The highest BCUT2D eigenvalue weighted by molar-refractivity contribution is 5.87. The third kappa shape index (κ3) is 2.55. The summed E-state index contributed by atoms with van der Waals surface area (Å²) in [5.74, 6) is 0.755. The van der Waals surface area contributed by atoms with E-state index in [4.69, 9.17) is 9.47 Å². The number of aliphatic hydroxyl groups is 2. The van der Waals surface area contributed by atoms with Crippen molar-refractivity contribution in [3.63, 3.8) is 0 Å². The van der Waals surface area contributed by atoms with Crippen molar-refractivity contribution >= 4 is 11.2 Å². The first-order chi connectivity index (χ1) is 12.1. The molecule has 25 heavy (non-hydrogen) atoms. The maximum atomic E-state index is 10.2. The van der Waals surface area contributed by atoms with Crippen LogP contribution in [0, 0.1) is 0 Å². The van der Waals surface area contributed by atoms with Gasteiger partial charge >= 0.3 is 0 Å². The standard InChI is InChI=1S/C17H18N4O4/c1-9-14(22)15(23)17(25-9)21-8-20-13-12(18-7-19-16(13)21)10-3-5-11(24-2)6-4-10/h3-9,14-15,17,22-23H,1-2H3/t9-,14-,15-,17-/m1/s1. The van der Waals surface area contributed by atoms with Crippen molar-refractivity contribution in [1.29, 1.82) is 0 Å². The molecule has 0 amide bonds. The fraction of sp³-hybridized carbons (Fsp3) is 0.353. The monoisotopic (exact) mass is 342 g/mol. The number of hydrogen-bond acceptors (Lipinski definition) is 7. The number of hydrogen-bond donors (Lipinski definition) is 2. The number of rotatable bonds is 3. The average molecular weight is 342 g/mol. The number of aliphatic hydroxyl groups excluding tert-OH is 2. The van der Waals surface area contributed by atoms with Gasteiger partial charge < -0.3 is 19.7 Å². The molecule has 1 aromatic carbocycles. The van der Waals surface area contributed by atoms with Crippen LogP contribution in [0.2, 0.25) is 0 Å². The lowest BCUT2D eigenvalue weighted by atomic mass is 10.1. The lowest BCUT2D eigenvalue weighted by Crippen LogP contribution is -2.30. The first kappa shape index (κ1) is 15.9. The summed E-state index contributed by atoms with van der Waals surface area (Å²) in [6.07, 6.45) is -0.224. The largest absolute Gasteiger partial charge is 0.497 e. The lowest BCUT2D eigenvalue weighted by molar-refractivity contribution is -0.0299. The van der Waals surface area contributed by atoms with Gasteiger partial charge in [-0.05, 0) is 31.2 Å². The first-order valence-corrected chi connectivity index (χ1v) is 7.93. The zero-order chi connectivity index (χ0) is 17.6. The molecule has 1 saturated heterocycles. The minimum Gasteiger partial charge on any atom is -0.497 e. The highest BCUT2D eigenvalue weighted by Crippen LogP contribution is 2.33. The number of imidazole rings is 1. The molecule has 1 aliphatic rings. The topological polar surface area (TPSA) is 103 Å². The molecule has 3 heterocycles. The molecule has 2 aromatic heterocycles. The van der Waals surface area contributed by atoms with Crippen LogP contribution in [0.4, 0.5) is 0 Å². The molecule has 0 aliphatic carbocycles. The summed E-state index contributed by atoms with van der Waals surface area (Å²) in [4.78, 5) is 13.0. The van der Waals surface area contributed by atoms with Gasteiger partial charge in [0.2, 0.25) is 0 Å². The van der Waals surface area contributed by atoms with E-state index in [1.165, 1.54) is 6.33 Å². The van der Waals surface area contributed by atoms with Gasteiger partial charge in [-0.3, -0.25) is 4.57 Å². The molecule has 130 valence electrons. The number of nitrogens with zero attached hydrogens (tertiary/aromatic N) is 4. The second kappa shape index (κ2) is 6.07. The van der Waals surface area contributed by atoms with Gasteiger partial charge in [-0.2, -0.15) is 0 Å². The van der Waals surface area contributed by atoms with Gasteiger partial charge in [-0.15, -0.1) is 0 Å². The summed E-state index contributed by atoms with van der Waals surface area (Å²) in [7, 11) is 1.61. The third-order valence-electron chi connectivity index (χ3n) is 4.47. The van der Waals surface area contributed by atoms with Gasteiger partial charge in [-0.1, -0.05) is 0 Å². The van der Waals surface area contributed by atoms with Crippen molar-refractivity contribution in [3.8, 4) is 17.0 Å². The fourth-order valence-corrected chi connectivity index (χ4v) is 3.06. The van der Waals surface area contributed by atoms with E-state index >= 15 is 0 Å². The highest BCUT2D eigenvalue weighted by Gasteiger charge is 2.42. The van der Waals surface area contributed by atoms with Gasteiger partial charge in [0.25, 0.3) is 0 Å². The Bertz CT molecular complexity index is 895. The maximum absolute atomic E-state index is 10.2. The van der Waals surface area contributed by atoms with Crippen molar-refractivity contribution in [1.82, 2.24) is 19.5 Å². The summed E-state index contributed by atoms with van der Waals surface area (Å²) in [6, 6.07) is 7.49. The van der Waals surface area contributed by atoms with Gasteiger partial charge in [0.05, 0.1) is 19.5 Å². The summed E-state index contributed by atoms with van der Waals surface area (Å²) in [5.41, 5.74) is 2.68. The van der Waals surface area contributed by atoms with Crippen LogP contribution in [-0.4, -0.2) is 55.2 Å². The summed E-state index contributed by atoms with van der Waals surface area (Å²) in [5, 5.41) is 20.2. The molecule has 4 rings (SSSR count). The molecule has 1 aliphatic heterocycles. The summed E-state index contributed by atoms with van der Waals surface area (Å²) >= 11 is 0. The van der Waals surface area contributed by atoms with E-state index in [2.05, 4.69) is 15.0 Å². The Hall–Kier alpha value is -2.55. The van der Waals surface area contributed by atoms with Crippen LogP contribution in [0.1, 0.15) is 13.2 Å². The Morgan fingerprint density at radius 2 is 1.84 bits per heavy atom. The Morgan fingerprint density at radius 3 is 2.48 bits per heavy atom. The maximum Gasteiger partial charge on any atom is 0.166 e. The Balaban J connectivity index is 1.78. The Morgan fingerprint density at radius 1 is 1.08 bits per heavy atom. The van der Waals surface area contributed by atoms with Crippen molar-refractivity contribution in [2.45, 2.75) is 31.5 Å². The Kier molecular flexibility index (Phi) is 3.87. The number of aromatic nitrogens is 4. The van der Waals surface area contributed by atoms with Gasteiger partial charge in [0, 0.05) is 5.56 Å². The second-order valence-corrected chi connectivity index (χ2v) is 5.99. The molecular weight excluding hydrogens is 324 g/mol. The number of benzene rings is 1. The summed E-state index contributed by atoms with van der Waals surface area (Å²) in [6.45, 7) is 1.71. The van der Waals surface area contributed by atoms with Gasteiger partial charge in [0.15, 0.2) is 11.9 Å². The van der Waals surface area contributed by atoms with E-state index in [0.29, 0.717) is 16.9 Å². The fourth-order valence-electron chi connectivity index (χ4n) is 3.06. The van der Waals surface area contributed by atoms with Crippen LogP contribution < -0.4 is 4.74 Å². The minimum atomic E-state index is -1.05. The summed E-state index contributed by atoms with van der Waals surface area (Å²) < 4.78 is 12.5. The number of ether oxygens (including phenoxy) is 2. The molecule has 4 atom stereocenters. The SMILES string of the molecule is COc1ccc(-c2ncnc3c2ncn3[C@@H]2O[C@H](C)[C@@H](O)[C@H]2O)cc1. The van der Waals surface area contributed by atoms with Crippen LogP contribution in [0.5, 0.6) is 5.75 Å². The smallest absolute Gasteiger partial charge is 0.166 e. The molecule has 0 saturated carbocycles. The molecule has 2 N–H and O–H groups in total. The average Bonchev–Trinajstić information content (AvgIpc) is 3.18. The van der Waals surface area contributed by atoms with Crippen molar-refractivity contribution < 1.29 is 19.7 Å². The predicted molar refractivity (Wildman–Crippen MR) is 88.9 cm³/mol. The number of fused-ring (bicyclic) bond motifs is 1. The molecule has 0 bridgehead atoms. The molecule has 1 fully saturated rings. The molecule has 0 spiro atoms. The normalized spacial score (nSPS) is 26.2. The first-order valence-electron chi connectivity index (χ1n) is 7.93. The van der Waals surface area contributed by atoms with Crippen LogP contribution in [0.25, 0.3) is 22.4 Å². The van der Waals surface area contributed by atoms with Crippen LogP contribution in [0.15, 0.2) is 36.9 Å². The number of methoxy groups -OCH3 is 1. The van der Waals surface area contributed by atoms with Crippen LogP contribution in [0.3, 0.4) is 0 Å². The quantitative estimate of drug-likeness (QED) is 0.736. The van der Waals surface area contributed by atoms with Crippen molar-refractivity contribution in [2.24, 2.45) is 0 Å². The van der Waals surface area contributed by atoms with Crippen LogP contribution in [-0.2, 0) is 4.74 Å². The van der Waals surface area contributed by atoms with Gasteiger partial charge in [-0.25, -0.2) is 15.0 Å². The zero-order valence-corrected chi connectivity index (χ0v) is 13.8. The van der Waals surface area contributed by atoms with Crippen molar-refractivity contribution in [3.05, 3.63) is 36.9 Å². The Labute approximate surface area is 143 Å². The van der Waals surface area contributed by atoms with E-state index in [0.717, 1.165) is 11.3 Å². The van der Waals surface area contributed by atoms with E-state index in [-0.39, 0.29) is 0 Å².